The van der Waals surface area contributed by atoms with Crippen molar-refractivity contribution in [1.82, 2.24) is 9.55 Å². The fourth-order valence-electron chi connectivity index (χ4n) is 4.04. The highest BCUT2D eigenvalue weighted by atomic mass is 35.5. The Labute approximate surface area is 206 Å². The first-order valence-corrected chi connectivity index (χ1v) is 12.2. The van der Waals surface area contributed by atoms with Gasteiger partial charge in [-0.15, -0.1) is 11.3 Å². The van der Waals surface area contributed by atoms with Crippen molar-refractivity contribution in [3.05, 3.63) is 93.7 Å². The molecule has 172 valence electrons. The lowest BCUT2D eigenvalue weighted by Gasteiger charge is -2.10. The summed E-state index contributed by atoms with van der Waals surface area (Å²) in [5.74, 6) is 1.58. The Morgan fingerprint density at radius 2 is 1.82 bits per heavy atom. The van der Waals surface area contributed by atoms with Gasteiger partial charge in [-0.25, -0.2) is 4.99 Å². The van der Waals surface area contributed by atoms with Crippen LogP contribution < -0.4 is 14.3 Å². The number of hydrogen-bond acceptors (Lipinski definition) is 4. The highest BCUT2D eigenvalue weighted by Gasteiger charge is 2.12. The van der Waals surface area contributed by atoms with Crippen molar-refractivity contribution in [2.24, 2.45) is 4.99 Å². The number of methoxy groups -OCH3 is 2. The number of benzene rings is 3. The normalized spacial score (nSPS) is 11.8. The number of halogens is 1. The third-order valence-corrected chi connectivity index (χ3v) is 6.92. The first kappa shape index (κ1) is 22.3. The summed E-state index contributed by atoms with van der Waals surface area (Å²) in [4.78, 5) is 9.24. The number of aryl methyl sites for hydroxylation is 1. The number of nitrogens with one attached hydrogen (secondary N) is 1. The Balaban J connectivity index is 1.57. The maximum atomic E-state index is 6.27. The number of fused-ring (bicyclic) bond motifs is 1. The van der Waals surface area contributed by atoms with Gasteiger partial charge in [0, 0.05) is 34.0 Å². The minimum atomic E-state index is 0.738. The first-order valence-electron chi connectivity index (χ1n) is 10.9. The summed E-state index contributed by atoms with van der Waals surface area (Å²) in [7, 11) is 3.35. The van der Waals surface area contributed by atoms with E-state index in [4.69, 9.17) is 26.1 Å². The number of hydrogen-bond donors (Lipinski definition) is 1. The minimum Gasteiger partial charge on any atom is -0.497 e. The standard InChI is InChI=1S/C27H24ClN3O2S/c1-32-21-10-7-18(8-11-21)25-17-34-27(30-24-5-3-4-6-26(24)33-2)31(25)14-13-19-16-29-23-12-9-20(28)15-22(19)23/h3-12,15-17,29H,13-14H2,1-2H3. The summed E-state index contributed by atoms with van der Waals surface area (Å²) in [6.07, 6.45) is 2.90. The van der Waals surface area contributed by atoms with E-state index in [2.05, 4.69) is 33.3 Å². The van der Waals surface area contributed by atoms with E-state index in [0.29, 0.717) is 0 Å². The second-order valence-electron chi connectivity index (χ2n) is 7.82. The van der Waals surface area contributed by atoms with Crippen molar-refractivity contribution >= 4 is 39.5 Å². The van der Waals surface area contributed by atoms with E-state index in [9.17, 15) is 0 Å². The monoisotopic (exact) mass is 489 g/mol. The predicted molar refractivity (Wildman–Crippen MR) is 140 cm³/mol. The number of nitrogens with zero attached hydrogens (tertiary/aromatic N) is 2. The van der Waals surface area contributed by atoms with Crippen LogP contribution >= 0.6 is 22.9 Å². The quantitative estimate of drug-likeness (QED) is 0.272. The van der Waals surface area contributed by atoms with Crippen LogP contribution in [-0.4, -0.2) is 23.8 Å². The van der Waals surface area contributed by atoms with E-state index in [0.717, 1.165) is 62.1 Å². The van der Waals surface area contributed by atoms with E-state index in [1.54, 1.807) is 25.6 Å². The van der Waals surface area contributed by atoms with Crippen molar-refractivity contribution in [2.75, 3.05) is 14.2 Å². The number of thiazole rings is 1. The summed E-state index contributed by atoms with van der Waals surface area (Å²) in [5, 5.41) is 4.04. The van der Waals surface area contributed by atoms with Crippen LogP contribution in [-0.2, 0) is 13.0 Å². The molecule has 3 aromatic carbocycles. The van der Waals surface area contributed by atoms with Gasteiger partial charge in [0.1, 0.15) is 17.2 Å². The van der Waals surface area contributed by atoms with Gasteiger partial charge in [-0.2, -0.15) is 0 Å². The van der Waals surface area contributed by atoms with Gasteiger partial charge < -0.3 is 19.0 Å². The van der Waals surface area contributed by atoms with Gasteiger partial charge in [-0.1, -0.05) is 23.7 Å². The summed E-state index contributed by atoms with van der Waals surface area (Å²) in [5.41, 5.74) is 5.34. The smallest absolute Gasteiger partial charge is 0.190 e. The van der Waals surface area contributed by atoms with Gasteiger partial charge in [0.05, 0.1) is 19.9 Å². The predicted octanol–water partition coefficient (Wildman–Crippen LogP) is 6.84. The molecule has 2 heterocycles. The average Bonchev–Trinajstić information content (AvgIpc) is 3.46. The zero-order valence-electron chi connectivity index (χ0n) is 18.9. The molecule has 0 bridgehead atoms. The highest BCUT2D eigenvalue weighted by molar-refractivity contribution is 7.07. The van der Waals surface area contributed by atoms with Gasteiger partial charge in [0.25, 0.3) is 0 Å². The zero-order valence-corrected chi connectivity index (χ0v) is 20.5. The first-order chi connectivity index (χ1) is 16.7. The van der Waals surface area contributed by atoms with Crippen LogP contribution in [0.3, 0.4) is 0 Å². The molecular formula is C27H24ClN3O2S. The molecule has 2 aromatic heterocycles. The van der Waals surface area contributed by atoms with Gasteiger partial charge in [0.15, 0.2) is 4.80 Å². The number of H-pyrrole nitrogens is 1. The molecule has 5 nitrogen and oxygen atoms in total. The summed E-state index contributed by atoms with van der Waals surface area (Å²) in [6, 6.07) is 21.9. The molecule has 0 saturated heterocycles. The fourth-order valence-corrected chi connectivity index (χ4v) is 5.16. The maximum absolute atomic E-state index is 6.27. The largest absolute Gasteiger partial charge is 0.497 e. The molecule has 5 rings (SSSR count). The molecule has 34 heavy (non-hydrogen) atoms. The lowest BCUT2D eigenvalue weighted by atomic mass is 10.1. The molecule has 0 aliphatic carbocycles. The van der Waals surface area contributed by atoms with Crippen LogP contribution in [0.1, 0.15) is 5.56 Å². The molecule has 1 N–H and O–H groups in total. The van der Waals surface area contributed by atoms with Gasteiger partial charge in [-0.3, -0.25) is 0 Å². The fraction of sp³-hybridized carbons (Fsp3) is 0.148. The van der Waals surface area contributed by atoms with Crippen LogP contribution in [0, 0.1) is 0 Å². The van der Waals surface area contributed by atoms with E-state index in [-0.39, 0.29) is 0 Å². The Bertz CT molecular complexity index is 1500. The van der Waals surface area contributed by atoms with Crippen LogP contribution in [0.2, 0.25) is 5.02 Å². The minimum absolute atomic E-state index is 0.738. The Morgan fingerprint density at radius 3 is 2.62 bits per heavy atom. The second kappa shape index (κ2) is 9.79. The molecule has 0 saturated carbocycles. The lowest BCUT2D eigenvalue weighted by molar-refractivity contribution is 0.415. The summed E-state index contributed by atoms with van der Waals surface area (Å²) >= 11 is 7.89. The number of aromatic amines is 1. The molecule has 0 fully saturated rings. The molecule has 7 heteroatoms. The molecule has 0 amide bonds. The van der Waals surface area contributed by atoms with Crippen molar-refractivity contribution in [2.45, 2.75) is 13.0 Å². The van der Waals surface area contributed by atoms with Crippen LogP contribution in [0.25, 0.3) is 22.2 Å². The van der Waals surface area contributed by atoms with E-state index >= 15 is 0 Å². The Hall–Kier alpha value is -3.48. The Kier molecular flexibility index (Phi) is 6.43. The molecule has 0 radical (unpaired) electrons. The van der Waals surface area contributed by atoms with Crippen LogP contribution in [0.4, 0.5) is 5.69 Å². The molecule has 5 aromatic rings. The zero-order chi connectivity index (χ0) is 23.5. The van der Waals surface area contributed by atoms with Crippen molar-refractivity contribution in [3.8, 4) is 22.8 Å². The second-order valence-corrected chi connectivity index (χ2v) is 9.09. The van der Waals surface area contributed by atoms with Gasteiger partial charge in [-0.05, 0) is 72.1 Å². The van der Waals surface area contributed by atoms with E-state index in [1.165, 1.54) is 5.56 Å². The molecule has 0 aliphatic rings. The van der Waals surface area contributed by atoms with Crippen LogP contribution in [0.15, 0.2) is 83.3 Å². The Morgan fingerprint density at radius 1 is 1.00 bits per heavy atom. The molecular weight excluding hydrogens is 466 g/mol. The topological polar surface area (TPSA) is 51.5 Å². The average molecular weight is 490 g/mol. The van der Waals surface area contributed by atoms with Crippen molar-refractivity contribution in [3.63, 3.8) is 0 Å². The number of aromatic nitrogens is 2. The number of para-hydroxylation sites is 2. The molecule has 0 spiro atoms. The molecule has 0 aliphatic heterocycles. The summed E-state index contributed by atoms with van der Waals surface area (Å²) in [6.45, 7) is 0.762. The highest BCUT2D eigenvalue weighted by Crippen LogP contribution is 2.28. The van der Waals surface area contributed by atoms with Crippen molar-refractivity contribution in [1.29, 1.82) is 0 Å². The molecule has 0 unspecified atom stereocenters. The third-order valence-electron chi connectivity index (χ3n) is 5.82. The van der Waals surface area contributed by atoms with Gasteiger partial charge >= 0.3 is 0 Å². The van der Waals surface area contributed by atoms with Crippen LogP contribution in [0.5, 0.6) is 11.5 Å². The SMILES string of the molecule is COc1ccc(-c2csc(=Nc3ccccc3OC)n2CCc2c[nH]c3ccc(Cl)cc23)cc1. The number of ether oxygens (including phenoxy) is 2. The summed E-state index contributed by atoms with van der Waals surface area (Å²) < 4.78 is 13.1. The lowest BCUT2D eigenvalue weighted by Crippen LogP contribution is -2.17. The van der Waals surface area contributed by atoms with Gasteiger partial charge in [0.2, 0.25) is 0 Å². The van der Waals surface area contributed by atoms with Crippen molar-refractivity contribution < 1.29 is 9.47 Å². The number of rotatable bonds is 7. The van der Waals surface area contributed by atoms with E-state index < -0.39 is 0 Å². The third kappa shape index (κ3) is 4.47. The maximum Gasteiger partial charge on any atom is 0.190 e. The van der Waals surface area contributed by atoms with E-state index in [1.807, 2.05) is 54.6 Å². The molecule has 0 atom stereocenters.